The fraction of sp³-hybridized carbons (Fsp3) is 0.188. The number of nitrogens with zero attached hydrogens (tertiary/aromatic N) is 1. The molecule has 3 heteroatoms. The van der Waals surface area contributed by atoms with Gasteiger partial charge in [0, 0.05) is 5.69 Å². The van der Waals surface area contributed by atoms with Gasteiger partial charge in [-0.3, -0.25) is 0 Å². The molecular formula is C16H14N2O. The first-order valence-corrected chi connectivity index (χ1v) is 6.56. The summed E-state index contributed by atoms with van der Waals surface area (Å²) in [7, 11) is 0. The van der Waals surface area contributed by atoms with Gasteiger partial charge in [-0.05, 0) is 40.8 Å². The van der Waals surface area contributed by atoms with Crippen molar-refractivity contribution in [3.8, 4) is 11.1 Å². The topological polar surface area (TPSA) is 33.6 Å². The number of hydrogen-bond donors (Lipinski definition) is 1. The van der Waals surface area contributed by atoms with Crippen molar-refractivity contribution in [3.05, 3.63) is 53.6 Å². The predicted octanol–water partition coefficient (Wildman–Crippen LogP) is 3.06. The van der Waals surface area contributed by atoms with Crippen molar-refractivity contribution in [3.63, 3.8) is 0 Å². The quantitative estimate of drug-likeness (QED) is 0.720. The van der Waals surface area contributed by atoms with E-state index in [9.17, 15) is 0 Å². The van der Waals surface area contributed by atoms with Gasteiger partial charge in [0.2, 0.25) is 0 Å². The van der Waals surface area contributed by atoms with Crippen LogP contribution in [0.15, 0.2) is 47.5 Å². The molecule has 0 unspecified atom stereocenters. The average Bonchev–Trinajstić information content (AvgIpc) is 3.06. The smallest absolute Gasteiger partial charge is 0.289 e. The summed E-state index contributed by atoms with van der Waals surface area (Å²) < 4.78 is 5.38. The van der Waals surface area contributed by atoms with Crippen molar-refractivity contribution >= 4 is 11.7 Å². The van der Waals surface area contributed by atoms with Crippen LogP contribution in [0.4, 0.5) is 5.69 Å². The van der Waals surface area contributed by atoms with Gasteiger partial charge >= 0.3 is 0 Å². The van der Waals surface area contributed by atoms with Gasteiger partial charge in [0.15, 0.2) is 0 Å². The highest BCUT2D eigenvalue weighted by Gasteiger charge is 2.18. The van der Waals surface area contributed by atoms with Crippen LogP contribution in [0.1, 0.15) is 11.1 Å². The van der Waals surface area contributed by atoms with Crippen LogP contribution in [0.3, 0.4) is 0 Å². The molecule has 0 fully saturated rings. The summed E-state index contributed by atoms with van der Waals surface area (Å²) in [5.74, 6) is 0. The van der Waals surface area contributed by atoms with E-state index < -0.39 is 0 Å². The molecule has 0 spiro atoms. The lowest BCUT2D eigenvalue weighted by atomic mass is 10.1. The van der Waals surface area contributed by atoms with Crippen molar-refractivity contribution in [2.24, 2.45) is 4.99 Å². The maximum atomic E-state index is 5.38. The lowest BCUT2D eigenvalue weighted by Crippen LogP contribution is -2.11. The summed E-state index contributed by atoms with van der Waals surface area (Å²) in [6.07, 6.45) is 1.03. The predicted molar refractivity (Wildman–Crippen MR) is 76.6 cm³/mol. The van der Waals surface area contributed by atoms with E-state index in [1.807, 2.05) is 0 Å². The van der Waals surface area contributed by atoms with E-state index in [0.29, 0.717) is 12.6 Å². The second-order valence-electron chi connectivity index (χ2n) is 4.87. The van der Waals surface area contributed by atoms with Crippen LogP contribution >= 0.6 is 0 Å². The molecule has 1 aliphatic carbocycles. The van der Waals surface area contributed by atoms with Crippen LogP contribution < -0.4 is 5.32 Å². The van der Waals surface area contributed by atoms with Gasteiger partial charge in [-0.15, -0.1) is 0 Å². The van der Waals surface area contributed by atoms with E-state index in [0.717, 1.165) is 18.7 Å². The summed E-state index contributed by atoms with van der Waals surface area (Å²) in [6, 6.07) is 15.7. The zero-order valence-corrected chi connectivity index (χ0v) is 10.5. The molecule has 0 aromatic heterocycles. The second-order valence-corrected chi connectivity index (χ2v) is 4.87. The third-order valence-corrected chi connectivity index (χ3v) is 3.64. The largest absolute Gasteiger partial charge is 0.463 e. The first kappa shape index (κ1) is 10.6. The summed E-state index contributed by atoms with van der Waals surface area (Å²) >= 11 is 0. The van der Waals surface area contributed by atoms with Gasteiger partial charge in [-0.1, -0.05) is 30.3 Å². The van der Waals surface area contributed by atoms with E-state index in [-0.39, 0.29) is 0 Å². The molecule has 1 aliphatic heterocycles. The van der Waals surface area contributed by atoms with Gasteiger partial charge in [0.05, 0.1) is 6.54 Å². The van der Waals surface area contributed by atoms with Gasteiger partial charge in [0.25, 0.3) is 6.02 Å². The molecule has 1 N–H and O–H groups in total. The maximum absolute atomic E-state index is 5.38. The molecule has 0 amide bonds. The Labute approximate surface area is 111 Å². The Bertz CT molecular complexity index is 676. The van der Waals surface area contributed by atoms with E-state index in [2.05, 4.69) is 52.8 Å². The minimum atomic E-state index is 0.631. The molecule has 2 aromatic rings. The molecule has 4 rings (SSSR count). The number of nitrogens with one attached hydrogen (secondary N) is 1. The molecule has 3 nitrogen and oxygen atoms in total. The molecule has 2 aromatic carbocycles. The Morgan fingerprint density at radius 2 is 1.89 bits per heavy atom. The average molecular weight is 250 g/mol. The number of amidine groups is 1. The zero-order chi connectivity index (χ0) is 12.7. The van der Waals surface area contributed by atoms with Crippen LogP contribution in [0, 0.1) is 0 Å². The number of rotatable bonds is 1. The second kappa shape index (κ2) is 4.12. The minimum Gasteiger partial charge on any atom is -0.463 e. The highest BCUT2D eigenvalue weighted by atomic mass is 16.5. The lowest BCUT2D eigenvalue weighted by molar-refractivity contribution is 0.346. The van der Waals surface area contributed by atoms with Crippen LogP contribution in [0.5, 0.6) is 0 Å². The summed E-state index contributed by atoms with van der Waals surface area (Å²) in [4.78, 5) is 4.25. The molecule has 2 aliphatic rings. The monoisotopic (exact) mass is 250 g/mol. The van der Waals surface area contributed by atoms with Gasteiger partial charge in [-0.2, -0.15) is 0 Å². The molecule has 0 saturated heterocycles. The highest BCUT2D eigenvalue weighted by molar-refractivity contribution is 5.91. The summed E-state index contributed by atoms with van der Waals surface area (Å²) in [6.45, 7) is 1.42. The molecule has 0 saturated carbocycles. The van der Waals surface area contributed by atoms with Crippen molar-refractivity contribution in [1.29, 1.82) is 0 Å². The van der Waals surface area contributed by atoms with Gasteiger partial charge < -0.3 is 10.1 Å². The molecule has 94 valence electrons. The fourth-order valence-electron chi connectivity index (χ4n) is 2.74. The number of fused-ring (bicyclic) bond motifs is 3. The molecule has 0 bridgehead atoms. The van der Waals surface area contributed by atoms with Gasteiger partial charge in [0.1, 0.15) is 6.61 Å². The third kappa shape index (κ3) is 1.78. The SMILES string of the molecule is c1ccc2c(c1)Cc1ccc(NC3=NCCO3)cc1-2. The molecule has 0 radical (unpaired) electrons. The summed E-state index contributed by atoms with van der Waals surface area (Å²) in [5, 5.41) is 3.23. The van der Waals surface area contributed by atoms with Crippen LogP contribution in [-0.4, -0.2) is 19.2 Å². The van der Waals surface area contributed by atoms with Crippen LogP contribution in [-0.2, 0) is 11.2 Å². The molecule has 1 heterocycles. The van der Waals surface area contributed by atoms with E-state index >= 15 is 0 Å². The number of anilines is 1. The number of ether oxygens (including phenoxy) is 1. The van der Waals surface area contributed by atoms with Crippen LogP contribution in [0.2, 0.25) is 0 Å². The summed E-state index contributed by atoms with van der Waals surface area (Å²) in [5.41, 5.74) is 6.50. The van der Waals surface area contributed by atoms with Gasteiger partial charge in [-0.25, -0.2) is 4.99 Å². The van der Waals surface area contributed by atoms with Crippen molar-refractivity contribution < 1.29 is 4.74 Å². The van der Waals surface area contributed by atoms with E-state index in [1.54, 1.807) is 0 Å². The first-order valence-electron chi connectivity index (χ1n) is 6.56. The van der Waals surface area contributed by atoms with Crippen molar-refractivity contribution in [2.75, 3.05) is 18.5 Å². The highest BCUT2D eigenvalue weighted by Crippen LogP contribution is 2.37. The normalized spacial score (nSPS) is 15.5. The number of benzene rings is 2. The van der Waals surface area contributed by atoms with E-state index in [4.69, 9.17) is 4.74 Å². The van der Waals surface area contributed by atoms with Crippen molar-refractivity contribution in [2.45, 2.75) is 6.42 Å². The Kier molecular flexibility index (Phi) is 2.30. The Balaban J connectivity index is 1.71. The standard InChI is InChI=1S/C16H14N2O/c1-2-4-14-11(3-1)9-12-5-6-13(10-15(12)14)18-16-17-7-8-19-16/h1-6,10H,7-9H2,(H,17,18). The Morgan fingerprint density at radius 3 is 2.79 bits per heavy atom. The number of hydrogen-bond acceptors (Lipinski definition) is 3. The first-order chi connectivity index (χ1) is 9.40. The van der Waals surface area contributed by atoms with Crippen molar-refractivity contribution in [1.82, 2.24) is 0 Å². The number of aliphatic imine (C=N–C) groups is 1. The van der Waals surface area contributed by atoms with E-state index in [1.165, 1.54) is 22.3 Å². The molecule has 19 heavy (non-hydrogen) atoms. The fourth-order valence-corrected chi connectivity index (χ4v) is 2.74. The van der Waals surface area contributed by atoms with Crippen LogP contribution in [0.25, 0.3) is 11.1 Å². The Hall–Kier alpha value is -2.29. The zero-order valence-electron chi connectivity index (χ0n) is 10.5. The molecule has 0 atom stereocenters. The Morgan fingerprint density at radius 1 is 1.00 bits per heavy atom. The maximum Gasteiger partial charge on any atom is 0.289 e. The lowest BCUT2D eigenvalue weighted by Gasteiger charge is -2.08. The minimum absolute atomic E-state index is 0.631. The molecular weight excluding hydrogens is 236 g/mol. The third-order valence-electron chi connectivity index (χ3n) is 3.64.